The van der Waals surface area contributed by atoms with Crippen molar-refractivity contribution in [2.24, 2.45) is 0 Å². The van der Waals surface area contributed by atoms with Crippen LogP contribution in [-0.2, 0) is 9.53 Å². The Morgan fingerprint density at radius 2 is 2.04 bits per heavy atom. The molecule has 0 aliphatic heterocycles. The minimum absolute atomic E-state index is 0.111. The zero-order chi connectivity index (χ0) is 18.5. The molecule has 0 saturated carbocycles. The Kier molecular flexibility index (Phi) is 6.53. The van der Waals surface area contributed by atoms with E-state index in [1.807, 2.05) is 0 Å². The summed E-state index contributed by atoms with van der Waals surface area (Å²) in [6, 6.07) is 3.77. The first kappa shape index (κ1) is 19.7. The van der Waals surface area contributed by atoms with E-state index in [0.29, 0.717) is 5.56 Å². The molecule has 9 heteroatoms. The van der Waals surface area contributed by atoms with Crippen LogP contribution in [0, 0.1) is 17.0 Å². The first-order chi connectivity index (χ1) is 11.0. The molecule has 0 saturated heterocycles. The molecular formula is C15H19ClN3O5. The molecule has 0 aliphatic carbocycles. The lowest BCUT2D eigenvalue weighted by atomic mass is 10.1. The van der Waals surface area contributed by atoms with Gasteiger partial charge in [0, 0.05) is 12.6 Å². The van der Waals surface area contributed by atoms with Gasteiger partial charge in [-0.2, -0.15) is 0 Å². The Hall–Kier alpha value is -2.35. The predicted molar refractivity (Wildman–Crippen MR) is 89.9 cm³/mol. The molecular weight excluding hydrogens is 338 g/mol. The highest BCUT2D eigenvalue weighted by Crippen LogP contribution is 2.31. The highest BCUT2D eigenvalue weighted by atomic mass is 35.5. The third-order valence-corrected chi connectivity index (χ3v) is 3.13. The number of benzene rings is 1. The summed E-state index contributed by atoms with van der Waals surface area (Å²) in [5.74, 6) is -0.497. The number of nitrogens with one attached hydrogen (secondary N) is 2. The van der Waals surface area contributed by atoms with Crippen LogP contribution < -0.4 is 10.6 Å². The summed E-state index contributed by atoms with van der Waals surface area (Å²) in [5, 5.41) is 14.8. The van der Waals surface area contributed by atoms with Crippen LogP contribution in [0.1, 0.15) is 31.7 Å². The van der Waals surface area contributed by atoms with Crippen molar-refractivity contribution < 1.29 is 19.2 Å². The van der Waals surface area contributed by atoms with Crippen LogP contribution in [0.3, 0.4) is 0 Å². The maximum atomic E-state index is 11.8. The highest BCUT2D eigenvalue weighted by Gasteiger charge is 2.24. The number of nitro groups is 1. The topological polar surface area (TPSA) is 111 Å². The normalized spacial score (nSPS) is 12.2. The summed E-state index contributed by atoms with van der Waals surface area (Å²) in [4.78, 5) is 34.0. The van der Waals surface area contributed by atoms with Gasteiger partial charge in [0.25, 0.3) is 5.69 Å². The van der Waals surface area contributed by atoms with Crippen LogP contribution in [0.4, 0.5) is 16.2 Å². The Labute approximate surface area is 144 Å². The molecule has 1 unspecified atom stereocenters. The van der Waals surface area contributed by atoms with Gasteiger partial charge in [-0.3, -0.25) is 20.2 Å². The number of nitrogens with zero attached hydrogens (tertiary/aromatic N) is 1. The second-order valence-corrected chi connectivity index (χ2v) is 6.25. The smallest absolute Gasteiger partial charge is 0.412 e. The van der Waals surface area contributed by atoms with Crippen LogP contribution in [0.25, 0.3) is 0 Å². The lowest BCUT2D eigenvalue weighted by Crippen LogP contribution is -2.28. The standard InChI is InChI=1S/C15H19ClN3O5/c1-5-17-13(20)12(16)9-6-7-11(19(22)23)10(8-9)18-14(21)24-15(2,3)4/h6-8,12H,1,5H2,2-4H3,(H,17,20)(H,18,21). The van der Waals surface area contributed by atoms with Crippen molar-refractivity contribution in [1.29, 1.82) is 0 Å². The minimum atomic E-state index is -1.08. The van der Waals surface area contributed by atoms with E-state index in [2.05, 4.69) is 17.6 Å². The van der Waals surface area contributed by atoms with E-state index in [1.165, 1.54) is 12.1 Å². The van der Waals surface area contributed by atoms with Gasteiger partial charge in [0.15, 0.2) is 0 Å². The molecule has 1 radical (unpaired) electrons. The van der Waals surface area contributed by atoms with Gasteiger partial charge in [0.05, 0.1) is 4.92 Å². The largest absolute Gasteiger partial charge is 0.444 e. The van der Waals surface area contributed by atoms with Crippen molar-refractivity contribution in [2.45, 2.75) is 31.7 Å². The molecule has 2 N–H and O–H groups in total. The van der Waals surface area contributed by atoms with Crippen LogP contribution in [0.2, 0.25) is 0 Å². The maximum Gasteiger partial charge on any atom is 0.412 e. The Balaban J connectivity index is 3.11. The minimum Gasteiger partial charge on any atom is -0.444 e. The summed E-state index contributed by atoms with van der Waals surface area (Å²) < 4.78 is 5.07. The number of hydrogen-bond donors (Lipinski definition) is 2. The molecule has 0 spiro atoms. The number of ether oxygens (including phenoxy) is 1. The molecule has 0 heterocycles. The first-order valence-corrected chi connectivity index (χ1v) is 7.48. The van der Waals surface area contributed by atoms with Crippen molar-refractivity contribution in [3.8, 4) is 0 Å². The second-order valence-electron chi connectivity index (χ2n) is 5.81. The van der Waals surface area contributed by atoms with E-state index >= 15 is 0 Å². The fourth-order valence-corrected chi connectivity index (χ4v) is 1.96. The summed E-state index contributed by atoms with van der Waals surface area (Å²) in [6.07, 6.45) is -0.851. The van der Waals surface area contributed by atoms with Crippen molar-refractivity contribution >= 4 is 35.0 Å². The lowest BCUT2D eigenvalue weighted by molar-refractivity contribution is -0.383. The van der Waals surface area contributed by atoms with Gasteiger partial charge in [-0.25, -0.2) is 4.79 Å². The van der Waals surface area contributed by atoms with E-state index in [9.17, 15) is 19.7 Å². The molecule has 1 rings (SSSR count). The second kappa shape index (κ2) is 7.96. The Bertz CT molecular complexity index is 642. The van der Waals surface area contributed by atoms with Gasteiger partial charge in [-0.15, -0.1) is 11.6 Å². The van der Waals surface area contributed by atoms with Crippen molar-refractivity contribution in [1.82, 2.24) is 5.32 Å². The summed E-state index contributed by atoms with van der Waals surface area (Å²) in [6.45, 7) is 8.61. The predicted octanol–water partition coefficient (Wildman–Crippen LogP) is 3.17. The zero-order valence-electron chi connectivity index (χ0n) is 13.6. The Morgan fingerprint density at radius 1 is 1.42 bits per heavy atom. The molecule has 24 heavy (non-hydrogen) atoms. The van der Waals surface area contributed by atoms with Crippen LogP contribution >= 0.6 is 11.6 Å². The van der Waals surface area contributed by atoms with E-state index in [0.717, 1.165) is 6.07 Å². The van der Waals surface area contributed by atoms with Crippen molar-refractivity contribution in [3.05, 3.63) is 40.8 Å². The maximum absolute atomic E-state index is 11.8. The SMILES string of the molecule is [CH2]CNC(=O)C(Cl)c1ccc([N+](=O)[O-])c(NC(=O)OC(C)(C)C)c1. The third kappa shape index (κ3) is 5.69. The average Bonchev–Trinajstić information content (AvgIpc) is 2.44. The molecule has 8 nitrogen and oxygen atoms in total. The number of rotatable bonds is 5. The van der Waals surface area contributed by atoms with E-state index in [4.69, 9.17) is 16.3 Å². The molecule has 1 aromatic rings. The van der Waals surface area contributed by atoms with Crippen LogP contribution in [0.15, 0.2) is 18.2 Å². The van der Waals surface area contributed by atoms with Gasteiger partial charge in [0.1, 0.15) is 16.7 Å². The summed E-state index contributed by atoms with van der Waals surface area (Å²) in [7, 11) is 0. The van der Waals surface area contributed by atoms with E-state index < -0.39 is 27.9 Å². The molecule has 0 bridgehead atoms. The van der Waals surface area contributed by atoms with E-state index in [-0.39, 0.29) is 17.9 Å². The number of halogens is 1. The fraction of sp³-hybridized carbons (Fsp3) is 0.400. The monoisotopic (exact) mass is 356 g/mol. The molecule has 131 valence electrons. The number of carbonyl (C=O) groups is 2. The van der Waals surface area contributed by atoms with Gasteiger partial charge in [-0.1, -0.05) is 6.07 Å². The van der Waals surface area contributed by atoms with Gasteiger partial charge >= 0.3 is 6.09 Å². The molecule has 1 aromatic carbocycles. The van der Waals surface area contributed by atoms with Crippen LogP contribution in [-0.4, -0.2) is 29.1 Å². The highest BCUT2D eigenvalue weighted by molar-refractivity contribution is 6.30. The van der Waals surface area contributed by atoms with Crippen molar-refractivity contribution in [2.75, 3.05) is 11.9 Å². The third-order valence-electron chi connectivity index (χ3n) is 2.67. The molecule has 2 amide bonds. The lowest BCUT2D eigenvalue weighted by Gasteiger charge is -2.20. The van der Waals surface area contributed by atoms with E-state index in [1.54, 1.807) is 20.8 Å². The quantitative estimate of drug-likeness (QED) is 0.478. The zero-order valence-corrected chi connectivity index (χ0v) is 14.3. The number of alkyl halides is 1. The van der Waals surface area contributed by atoms with Gasteiger partial charge in [-0.05, 0) is 39.3 Å². The summed E-state index contributed by atoms with van der Waals surface area (Å²) in [5.41, 5.74) is -0.926. The fourth-order valence-electron chi connectivity index (χ4n) is 1.75. The van der Waals surface area contributed by atoms with Crippen molar-refractivity contribution in [3.63, 3.8) is 0 Å². The number of nitro benzene ring substituents is 1. The number of carbonyl (C=O) groups excluding carboxylic acids is 2. The first-order valence-electron chi connectivity index (χ1n) is 7.04. The number of hydrogen-bond acceptors (Lipinski definition) is 5. The van der Waals surface area contributed by atoms with Gasteiger partial charge < -0.3 is 10.1 Å². The summed E-state index contributed by atoms with van der Waals surface area (Å²) >= 11 is 6.03. The molecule has 1 atom stereocenters. The molecule has 0 fully saturated rings. The molecule has 0 aromatic heterocycles. The number of amides is 2. The molecule has 0 aliphatic rings. The Morgan fingerprint density at radius 3 is 2.54 bits per heavy atom. The van der Waals surface area contributed by atoms with Gasteiger partial charge in [0.2, 0.25) is 5.91 Å². The average molecular weight is 357 g/mol. The van der Waals surface area contributed by atoms with Crippen LogP contribution in [0.5, 0.6) is 0 Å². The number of anilines is 1.